The topological polar surface area (TPSA) is 45.5 Å². The molecule has 1 atom stereocenters. The molecule has 0 fully saturated rings. The lowest BCUT2D eigenvalue weighted by molar-refractivity contribution is -0.138. The number of nitrogens with zero attached hydrogens (tertiary/aromatic N) is 2. The van der Waals surface area contributed by atoms with Crippen LogP contribution in [0.15, 0.2) is 78.9 Å². The third-order valence-corrected chi connectivity index (χ3v) is 6.06. The number of carbonyl (C=O) groups is 1. The number of rotatable bonds is 7. The first-order chi connectivity index (χ1) is 16.2. The molecule has 0 aliphatic heterocycles. The zero-order valence-corrected chi connectivity index (χ0v) is 18.9. The highest BCUT2D eigenvalue weighted by Crippen LogP contribution is 2.35. The summed E-state index contributed by atoms with van der Waals surface area (Å²) in [5.74, 6) is -0.917. The molecule has 0 aliphatic carbocycles. The van der Waals surface area contributed by atoms with E-state index in [0.29, 0.717) is 5.56 Å². The number of halogens is 3. The van der Waals surface area contributed by atoms with Crippen molar-refractivity contribution >= 4 is 16.9 Å². The Morgan fingerprint density at radius 3 is 2.35 bits per heavy atom. The van der Waals surface area contributed by atoms with E-state index in [1.54, 1.807) is 6.07 Å². The summed E-state index contributed by atoms with van der Waals surface area (Å²) in [6.07, 6.45) is -4.88. The van der Waals surface area contributed by atoms with Gasteiger partial charge in [-0.15, -0.1) is 0 Å². The zero-order chi connectivity index (χ0) is 24.5. The molecule has 0 radical (unpaired) electrons. The Bertz CT molecular complexity index is 1310. The van der Waals surface area contributed by atoms with Gasteiger partial charge in [0.05, 0.1) is 17.5 Å². The molecular formula is C27H25F3N2O2. The Hall–Kier alpha value is -3.58. The molecule has 4 rings (SSSR count). The molecule has 1 N–H and O–H groups in total. The van der Waals surface area contributed by atoms with Crippen LogP contribution in [0.3, 0.4) is 0 Å². The molecule has 1 aromatic heterocycles. The minimum atomic E-state index is -4.41. The average Bonchev–Trinajstić information content (AvgIpc) is 3.06. The van der Waals surface area contributed by atoms with E-state index in [1.807, 2.05) is 73.5 Å². The second-order valence-electron chi connectivity index (χ2n) is 8.42. The first kappa shape index (κ1) is 23.6. The average molecular weight is 467 g/mol. The van der Waals surface area contributed by atoms with Gasteiger partial charge in [-0.05, 0) is 42.8 Å². The molecule has 1 unspecified atom stereocenters. The van der Waals surface area contributed by atoms with E-state index in [-0.39, 0.29) is 19.1 Å². The van der Waals surface area contributed by atoms with Crippen molar-refractivity contribution in [1.29, 1.82) is 0 Å². The van der Waals surface area contributed by atoms with Crippen molar-refractivity contribution < 1.29 is 23.1 Å². The van der Waals surface area contributed by atoms with E-state index in [0.717, 1.165) is 33.8 Å². The van der Waals surface area contributed by atoms with Gasteiger partial charge in [-0.3, -0.25) is 9.69 Å². The highest BCUT2D eigenvalue weighted by molar-refractivity contribution is 5.89. The summed E-state index contributed by atoms with van der Waals surface area (Å²) in [6.45, 7) is 2.16. The number of hydrogen-bond donors (Lipinski definition) is 1. The fourth-order valence-corrected chi connectivity index (χ4v) is 4.60. The molecule has 4 nitrogen and oxygen atoms in total. The number of carboxylic acid groups (broad SMARTS) is 1. The Labute approximate surface area is 195 Å². The predicted octanol–water partition coefficient (Wildman–Crippen LogP) is 6.27. The minimum absolute atomic E-state index is 0.113. The van der Waals surface area contributed by atoms with Crippen LogP contribution in [-0.4, -0.2) is 27.6 Å². The Morgan fingerprint density at radius 2 is 1.68 bits per heavy atom. The SMILES string of the molecule is Cc1c(CC(=O)O)c2ccccc2n1C(c1ccccc1)N(C)Cc1cccc(C(F)(F)F)c1. The number of hydrogen-bond acceptors (Lipinski definition) is 2. The predicted molar refractivity (Wildman–Crippen MR) is 126 cm³/mol. The molecule has 7 heteroatoms. The molecule has 3 aromatic carbocycles. The highest BCUT2D eigenvalue weighted by Gasteiger charge is 2.31. The van der Waals surface area contributed by atoms with Crippen LogP contribution in [0.5, 0.6) is 0 Å². The molecule has 0 amide bonds. The minimum Gasteiger partial charge on any atom is -0.481 e. The highest BCUT2D eigenvalue weighted by atomic mass is 19.4. The van der Waals surface area contributed by atoms with Crippen LogP contribution in [0.4, 0.5) is 13.2 Å². The van der Waals surface area contributed by atoms with Gasteiger partial charge >= 0.3 is 12.1 Å². The van der Waals surface area contributed by atoms with Gasteiger partial charge < -0.3 is 9.67 Å². The zero-order valence-electron chi connectivity index (χ0n) is 18.9. The Balaban J connectivity index is 1.84. The quantitative estimate of drug-likeness (QED) is 0.349. The molecule has 0 aliphatic rings. The van der Waals surface area contributed by atoms with Gasteiger partial charge in [0, 0.05) is 17.6 Å². The van der Waals surface area contributed by atoms with Crippen molar-refractivity contribution in [2.24, 2.45) is 0 Å². The number of benzene rings is 3. The molecule has 4 aromatic rings. The largest absolute Gasteiger partial charge is 0.481 e. The van der Waals surface area contributed by atoms with Crippen molar-refractivity contribution in [3.8, 4) is 0 Å². The second kappa shape index (κ2) is 9.35. The molecule has 34 heavy (non-hydrogen) atoms. The third-order valence-electron chi connectivity index (χ3n) is 6.06. The van der Waals surface area contributed by atoms with Crippen molar-refractivity contribution in [3.63, 3.8) is 0 Å². The number of carboxylic acids is 1. The number of aromatic nitrogens is 1. The fraction of sp³-hybridized carbons (Fsp3) is 0.222. The summed E-state index contributed by atoms with van der Waals surface area (Å²) in [4.78, 5) is 13.6. The Kier molecular flexibility index (Phi) is 6.48. The van der Waals surface area contributed by atoms with Crippen LogP contribution >= 0.6 is 0 Å². The summed E-state index contributed by atoms with van der Waals surface area (Å²) in [5.41, 5.74) is 3.23. The fourth-order valence-electron chi connectivity index (χ4n) is 4.60. The van der Waals surface area contributed by atoms with Gasteiger partial charge in [-0.25, -0.2) is 0 Å². The maximum Gasteiger partial charge on any atom is 0.416 e. The lowest BCUT2D eigenvalue weighted by atomic mass is 10.1. The van der Waals surface area contributed by atoms with Gasteiger partial charge in [0.15, 0.2) is 0 Å². The van der Waals surface area contributed by atoms with Crippen LogP contribution in [-0.2, 0) is 23.9 Å². The van der Waals surface area contributed by atoms with E-state index in [1.165, 1.54) is 12.1 Å². The Morgan fingerprint density at radius 1 is 1.00 bits per heavy atom. The van der Waals surface area contributed by atoms with Gasteiger partial charge in [0.1, 0.15) is 6.17 Å². The summed E-state index contributed by atoms with van der Waals surface area (Å²) in [5, 5.41) is 10.4. The molecule has 0 spiro atoms. The van der Waals surface area contributed by atoms with Crippen LogP contribution in [0.1, 0.15) is 34.1 Å². The van der Waals surface area contributed by atoms with Crippen LogP contribution < -0.4 is 0 Å². The summed E-state index contributed by atoms with van der Waals surface area (Å²) in [6, 6.07) is 22.7. The standard InChI is InChI=1S/C27H25F3N2O2/c1-18-23(16-25(33)34)22-13-6-7-14-24(22)32(18)26(20-10-4-3-5-11-20)31(2)17-19-9-8-12-21(15-19)27(28,29)30/h3-15,26H,16-17H2,1-2H3,(H,33,34). The van der Waals surface area contributed by atoms with Crippen molar-refractivity contribution in [1.82, 2.24) is 9.47 Å². The second-order valence-corrected chi connectivity index (χ2v) is 8.42. The number of fused-ring (bicyclic) bond motifs is 1. The molecule has 176 valence electrons. The first-order valence-corrected chi connectivity index (χ1v) is 10.9. The third kappa shape index (κ3) is 4.70. The molecular weight excluding hydrogens is 441 g/mol. The lowest BCUT2D eigenvalue weighted by Crippen LogP contribution is -2.30. The van der Waals surface area contributed by atoms with E-state index in [2.05, 4.69) is 4.57 Å². The summed E-state index contributed by atoms with van der Waals surface area (Å²) >= 11 is 0. The van der Waals surface area contributed by atoms with Crippen LogP contribution in [0.2, 0.25) is 0 Å². The molecule has 1 heterocycles. The number of alkyl halides is 3. The first-order valence-electron chi connectivity index (χ1n) is 10.9. The van der Waals surface area contributed by atoms with Crippen molar-refractivity contribution in [2.75, 3.05) is 7.05 Å². The van der Waals surface area contributed by atoms with Crippen molar-refractivity contribution in [3.05, 3.63) is 107 Å². The van der Waals surface area contributed by atoms with Gasteiger partial charge in [0.2, 0.25) is 0 Å². The van der Waals surface area contributed by atoms with Crippen LogP contribution in [0, 0.1) is 6.92 Å². The molecule has 0 bridgehead atoms. The number of aliphatic carboxylic acids is 1. The maximum absolute atomic E-state index is 13.3. The summed E-state index contributed by atoms with van der Waals surface area (Å²) in [7, 11) is 1.86. The van der Waals surface area contributed by atoms with E-state index < -0.39 is 17.7 Å². The van der Waals surface area contributed by atoms with E-state index in [4.69, 9.17) is 0 Å². The summed E-state index contributed by atoms with van der Waals surface area (Å²) < 4.78 is 41.9. The normalized spacial score (nSPS) is 12.9. The van der Waals surface area contributed by atoms with Gasteiger partial charge in [0.25, 0.3) is 0 Å². The maximum atomic E-state index is 13.3. The van der Waals surface area contributed by atoms with Crippen molar-refractivity contribution in [2.45, 2.75) is 32.2 Å². The van der Waals surface area contributed by atoms with Gasteiger partial charge in [-0.2, -0.15) is 13.2 Å². The monoisotopic (exact) mass is 466 g/mol. The molecule has 0 saturated heterocycles. The number of para-hydroxylation sites is 1. The van der Waals surface area contributed by atoms with Crippen LogP contribution in [0.25, 0.3) is 10.9 Å². The van der Waals surface area contributed by atoms with E-state index >= 15 is 0 Å². The molecule has 0 saturated carbocycles. The van der Waals surface area contributed by atoms with Gasteiger partial charge in [-0.1, -0.05) is 66.7 Å². The van der Waals surface area contributed by atoms with E-state index in [9.17, 15) is 23.1 Å². The lowest BCUT2D eigenvalue weighted by Gasteiger charge is -2.32. The smallest absolute Gasteiger partial charge is 0.416 e.